The van der Waals surface area contributed by atoms with Crippen LogP contribution in [0, 0.1) is 13.8 Å². The lowest BCUT2D eigenvalue weighted by molar-refractivity contribution is -0.116. The first-order valence-electron chi connectivity index (χ1n) is 10.5. The quantitative estimate of drug-likeness (QED) is 0.627. The van der Waals surface area contributed by atoms with E-state index in [0.29, 0.717) is 36.9 Å². The predicted molar refractivity (Wildman–Crippen MR) is 121 cm³/mol. The molecule has 0 spiro atoms. The zero-order valence-corrected chi connectivity index (χ0v) is 18.1. The van der Waals surface area contributed by atoms with E-state index in [0.717, 1.165) is 29.1 Å². The highest BCUT2D eigenvalue weighted by atomic mass is 16.5. The molecule has 0 bridgehead atoms. The summed E-state index contributed by atoms with van der Waals surface area (Å²) in [5, 5.41) is 10.7. The Morgan fingerprint density at radius 1 is 1.06 bits per heavy atom. The SMILES string of the molecule is Cc1cc(C)n(Cc2cccc(NC(C)C(=O)Nc3ccc4c(c3)OCCCO4)c2)n1. The third-order valence-electron chi connectivity index (χ3n) is 5.15. The van der Waals surface area contributed by atoms with Gasteiger partial charge < -0.3 is 20.1 Å². The fourth-order valence-electron chi connectivity index (χ4n) is 3.57. The zero-order chi connectivity index (χ0) is 21.8. The van der Waals surface area contributed by atoms with Crippen LogP contribution in [0.2, 0.25) is 0 Å². The van der Waals surface area contributed by atoms with Crippen molar-refractivity contribution in [3.63, 3.8) is 0 Å². The van der Waals surface area contributed by atoms with E-state index in [1.807, 2.05) is 55.8 Å². The number of rotatable bonds is 6. The van der Waals surface area contributed by atoms with Gasteiger partial charge in [0.1, 0.15) is 6.04 Å². The normalized spacial score (nSPS) is 13.9. The maximum atomic E-state index is 12.7. The van der Waals surface area contributed by atoms with Crippen LogP contribution in [0.15, 0.2) is 48.5 Å². The second-order valence-electron chi connectivity index (χ2n) is 7.85. The summed E-state index contributed by atoms with van der Waals surface area (Å²) >= 11 is 0. The zero-order valence-electron chi connectivity index (χ0n) is 18.1. The van der Waals surface area contributed by atoms with E-state index in [2.05, 4.69) is 27.9 Å². The number of nitrogens with zero attached hydrogens (tertiary/aromatic N) is 2. The summed E-state index contributed by atoms with van der Waals surface area (Å²) in [6.45, 7) is 7.81. The number of benzene rings is 2. The summed E-state index contributed by atoms with van der Waals surface area (Å²) in [5.41, 5.74) is 4.82. The van der Waals surface area contributed by atoms with E-state index in [9.17, 15) is 4.79 Å². The van der Waals surface area contributed by atoms with Gasteiger partial charge in [0.05, 0.1) is 25.5 Å². The maximum absolute atomic E-state index is 12.7. The molecule has 1 aliphatic heterocycles. The molecule has 3 aromatic rings. The molecule has 1 aromatic heterocycles. The topological polar surface area (TPSA) is 77.4 Å². The standard InChI is InChI=1S/C24H28N4O3/c1-16-12-17(2)28(27-16)15-19-6-4-7-20(13-19)25-18(3)24(29)26-21-8-9-22-23(14-21)31-11-5-10-30-22/h4,6-9,12-14,18,25H,5,10-11,15H2,1-3H3,(H,26,29). The van der Waals surface area contributed by atoms with Gasteiger partial charge in [-0.05, 0) is 56.7 Å². The summed E-state index contributed by atoms with van der Waals surface area (Å²) < 4.78 is 13.3. The van der Waals surface area contributed by atoms with Crippen molar-refractivity contribution in [2.45, 2.75) is 39.8 Å². The van der Waals surface area contributed by atoms with E-state index in [-0.39, 0.29) is 5.91 Å². The first-order chi connectivity index (χ1) is 15.0. The molecule has 2 aromatic carbocycles. The molecule has 7 nitrogen and oxygen atoms in total. The van der Waals surface area contributed by atoms with Gasteiger partial charge >= 0.3 is 0 Å². The minimum atomic E-state index is -0.417. The summed E-state index contributed by atoms with van der Waals surface area (Å²) in [6.07, 6.45) is 0.843. The molecule has 2 heterocycles. The monoisotopic (exact) mass is 420 g/mol. The molecule has 0 aliphatic carbocycles. The molecule has 1 unspecified atom stereocenters. The first-order valence-corrected chi connectivity index (χ1v) is 10.5. The van der Waals surface area contributed by atoms with Crippen LogP contribution >= 0.6 is 0 Å². The van der Waals surface area contributed by atoms with Crippen LogP contribution in [0.4, 0.5) is 11.4 Å². The maximum Gasteiger partial charge on any atom is 0.246 e. The van der Waals surface area contributed by atoms with Crippen LogP contribution < -0.4 is 20.1 Å². The number of hydrogen-bond acceptors (Lipinski definition) is 5. The molecule has 1 amide bonds. The van der Waals surface area contributed by atoms with Crippen molar-refractivity contribution < 1.29 is 14.3 Å². The number of hydrogen-bond donors (Lipinski definition) is 2. The summed E-state index contributed by atoms with van der Waals surface area (Å²) in [7, 11) is 0. The van der Waals surface area contributed by atoms with Crippen LogP contribution in [0.25, 0.3) is 0 Å². The molecule has 0 radical (unpaired) electrons. The smallest absolute Gasteiger partial charge is 0.246 e. The Bertz CT molecular complexity index is 1080. The molecular weight excluding hydrogens is 392 g/mol. The number of carbonyl (C=O) groups excluding carboxylic acids is 1. The predicted octanol–water partition coefficient (Wildman–Crippen LogP) is 4.15. The van der Waals surface area contributed by atoms with Crippen LogP contribution in [-0.2, 0) is 11.3 Å². The molecule has 0 fully saturated rings. The van der Waals surface area contributed by atoms with Crippen molar-refractivity contribution in [3.8, 4) is 11.5 Å². The van der Waals surface area contributed by atoms with Gasteiger partial charge in [-0.25, -0.2) is 0 Å². The third-order valence-corrected chi connectivity index (χ3v) is 5.15. The van der Waals surface area contributed by atoms with Crippen molar-refractivity contribution in [2.75, 3.05) is 23.8 Å². The van der Waals surface area contributed by atoms with Gasteiger partial charge in [0.15, 0.2) is 11.5 Å². The average molecular weight is 421 g/mol. The van der Waals surface area contributed by atoms with Gasteiger partial charge in [-0.1, -0.05) is 12.1 Å². The fraction of sp³-hybridized carbons (Fsp3) is 0.333. The Morgan fingerprint density at radius 2 is 1.87 bits per heavy atom. The first kappa shape index (κ1) is 20.8. The largest absolute Gasteiger partial charge is 0.490 e. The second kappa shape index (κ2) is 9.12. The number of anilines is 2. The minimum absolute atomic E-state index is 0.126. The van der Waals surface area contributed by atoms with Crippen molar-refractivity contribution in [1.29, 1.82) is 0 Å². The van der Waals surface area contributed by atoms with E-state index < -0.39 is 6.04 Å². The van der Waals surface area contributed by atoms with Gasteiger partial charge in [-0.2, -0.15) is 5.10 Å². The Labute approximate surface area is 182 Å². The summed E-state index contributed by atoms with van der Waals surface area (Å²) in [4.78, 5) is 12.7. The third kappa shape index (κ3) is 5.17. The molecule has 0 saturated carbocycles. The van der Waals surface area contributed by atoms with Gasteiger partial charge in [0, 0.05) is 29.6 Å². The number of aromatic nitrogens is 2. The highest BCUT2D eigenvalue weighted by Gasteiger charge is 2.16. The van der Waals surface area contributed by atoms with Crippen molar-refractivity contribution >= 4 is 17.3 Å². The van der Waals surface area contributed by atoms with Gasteiger partial charge in [0.2, 0.25) is 5.91 Å². The molecular formula is C24H28N4O3. The number of ether oxygens (including phenoxy) is 2. The molecule has 7 heteroatoms. The lowest BCUT2D eigenvalue weighted by atomic mass is 10.1. The molecule has 0 saturated heterocycles. The van der Waals surface area contributed by atoms with Gasteiger partial charge in [-0.3, -0.25) is 9.48 Å². The van der Waals surface area contributed by atoms with E-state index in [4.69, 9.17) is 9.47 Å². The highest BCUT2D eigenvalue weighted by Crippen LogP contribution is 2.32. The molecule has 1 aliphatic rings. The minimum Gasteiger partial charge on any atom is -0.490 e. The van der Waals surface area contributed by atoms with E-state index >= 15 is 0 Å². The molecule has 162 valence electrons. The van der Waals surface area contributed by atoms with E-state index in [1.54, 1.807) is 6.07 Å². The Kier molecular flexibility index (Phi) is 6.11. The van der Waals surface area contributed by atoms with Crippen LogP contribution in [0.3, 0.4) is 0 Å². The second-order valence-corrected chi connectivity index (χ2v) is 7.85. The fourth-order valence-corrected chi connectivity index (χ4v) is 3.57. The van der Waals surface area contributed by atoms with Crippen LogP contribution in [0.1, 0.15) is 30.3 Å². The Balaban J connectivity index is 1.39. The average Bonchev–Trinajstić information content (AvgIpc) is 2.92. The number of fused-ring (bicyclic) bond motifs is 1. The highest BCUT2D eigenvalue weighted by molar-refractivity contribution is 5.96. The number of aryl methyl sites for hydroxylation is 2. The number of amides is 1. The van der Waals surface area contributed by atoms with Crippen molar-refractivity contribution in [3.05, 3.63) is 65.5 Å². The molecule has 1 atom stereocenters. The van der Waals surface area contributed by atoms with Crippen molar-refractivity contribution in [1.82, 2.24) is 9.78 Å². The molecule has 31 heavy (non-hydrogen) atoms. The van der Waals surface area contributed by atoms with Gasteiger partial charge in [0.25, 0.3) is 0 Å². The Morgan fingerprint density at radius 3 is 2.65 bits per heavy atom. The van der Waals surface area contributed by atoms with Crippen LogP contribution in [-0.4, -0.2) is 34.9 Å². The van der Waals surface area contributed by atoms with Crippen molar-refractivity contribution in [2.24, 2.45) is 0 Å². The number of carbonyl (C=O) groups is 1. The molecule has 2 N–H and O–H groups in total. The van der Waals surface area contributed by atoms with E-state index in [1.165, 1.54) is 0 Å². The molecule has 4 rings (SSSR count). The summed E-state index contributed by atoms with van der Waals surface area (Å²) in [5.74, 6) is 1.24. The lowest BCUT2D eigenvalue weighted by Gasteiger charge is -2.17. The lowest BCUT2D eigenvalue weighted by Crippen LogP contribution is -2.31. The summed E-state index contributed by atoms with van der Waals surface area (Å²) in [6, 6.07) is 15.2. The van der Waals surface area contributed by atoms with Crippen LogP contribution in [0.5, 0.6) is 11.5 Å². The Hall–Kier alpha value is -3.48. The number of nitrogens with one attached hydrogen (secondary N) is 2. The van der Waals surface area contributed by atoms with Gasteiger partial charge in [-0.15, -0.1) is 0 Å².